The Kier molecular flexibility index (Phi) is 6.87. The van der Waals surface area contributed by atoms with Crippen LogP contribution in [0.3, 0.4) is 0 Å². The number of nitrogens with one attached hydrogen (secondary N) is 1. The molecule has 0 radical (unpaired) electrons. The number of benzene rings is 1. The van der Waals surface area contributed by atoms with Crippen molar-refractivity contribution >= 4 is 17.7 Å². The van der Waals surface area contributed by atoms with E-state index >= 15 is 0 Å². The molecule has 128 valence electrons. The molecule has 0 aliphatic carbocycles. The fourth-order valence-corrected chi connectivity index (χ4v) is 3.69. The maximum atomic E-state index is 13.1. The molecule has 1 aromatic rings. The lowest BCUT2D eigenvalue weighted by Crippen LogP contribution is -2.49. The predicted molar refractivity (Wildman–Crippen MR) is 94.2 cm³/mol. The number of rotatable bonds is 6. The number of carbonyl (C=O) groups is 1. The van der Waals surface area contributed by atoms with Gasteiger partial charge in [-0.3, -0.25) is 9.69 Å². The molecule has 1 N–H and O–H groups in total. The Labute approximate surface area is 142 Å². The van der Waals surface area contributed by atoms with E-state index < -0.39 is 0 Å². The van der Waals surface area contributed by atoms with Gasteiger partial charge >= 0.3 is 0 Å². The summed E-state index contributed by atoms with van der Waals surface area (Å²) in [5.74, 6) is 2.00. The summed E-state index contributed by atoms with van der Waals surface area (Å²) < 4.78 is 13.1. The average molecular weight is 339 g/mol. The summed E-state index contributed by atoms with van der Waals surface area (Å²) >= 11 is 1.94. The molecule has 1 fully saturated rings. The lowest BCUT2D eigenvalue weighted by Gasteiger charge is -2.32. The molecule has 4 nitrogen and oxygen atoms in total. The van der Waals surface area contributed by atoms with Crippen molar-refractivity contribution in [3.05, 3.63) is 35.6 Å². The van der Waals surface area contributed by atoms with Gasteiger partial charge in [0.15, 0.2) is 0 Å². The monoisotopic (exact) mass is 339 g/mol. The van der Waals surface area contributed by atoms with Crippen LogP contribution in [0.4, 0.5) is 4.39 Å². The SMILES string of the molecule is C[C@@H](C(=O)NC[C@H](c1ccc(F)cc1)N(C)C)N1CCSCC1. The van der Waals surface area contributed by atoms with Crippen LogP contribution in [0.15, 0.2) is 24.3 Å². The van der Waals surface area contributed by atoms with Gasteiger partial charge < -0.3 is 10.2 Å². The summed E-state index contributed by atoms with van der Waals surface area (Å²) in [5.41, 5.74) is 0.999. The number of nitrogens with zero attached hydrogens (tertiary/aromatic N) is 2. The first-order valence-electron chi connectivity index (χ1n) is 8.00. The lowest BCUT2D eigenvalue weighted by atomic mass is 10.1. The zero-order chi connectivity index (χ0) is 16.8. The van der Waals surface area contributed by atoms with Crippen molar-refractivity contribution in [2.75, 3.05) is 45.2 Å². The summed E-state index contributed by atoms with van der Waals surface area (Å²) in [6.07, 6.45) is 0. The molecule has 1 heterocycles. The molecule has 0 aromatic heterocycles. The predicted octanol–water partition coefficient (Wildman–Crippen LogP) is 1.98. The average Bonchev–Trinajstić information content (AvgIpc) is 2.56. The minimum absolute atomic E-state index is 0.0312. The first kappa shape index (κ1) is 18.2. The molecule has 0 spiro atoms. The molecule has 0 bridgehead atoms. The molecular formula is C17H26FN3OS. The Balaban J connectivity index is 1.92. The molecule has 1 amide bonds. The standard InChI is InChI=1S/C17H26FN3OS/c1-13(21-8-10-23-11-9-21)17(22)19-12-16(20(2)3)14-4-6-15(18)7-5-14/h4-7,13,16H,8-12H2,1-3H3,(H,19,22)/t13-,16+/m0/s1. The van der Waals surface area contributed by atoms with Crippen molar-refractivity contribution in [2.24, 2.45) is 0 Å². The van der Waals surface area contributed by atoms with E-state index in [2.05, 4.69) is 10.2 Å². The van der Waals surface area contributed by atoms with Crippen LogP contribution in [0.25, 0.3) is 0 Å². The fourth-order valence-electron chi connectivity index (χ4n) is 2.76. The van der Waals surface area contributed by atoms with E-state index in [4.69, 9.17) is 0 Å². The Morgan fingerprint density at radius 3 is 2.48 bits per heavy atom. The summed E-state index contributed by atoms with van der Waals surface area (Å²) in [4.78, 5) is 16.7. The Morgan fingerprint density at radius 2 is 1.91 bits per heavy atom. The van der Waals surface area contributed by atoms with Gasteiger partial charge in [-0.05, 0) is 38.7 Å². The molecule has 2 rings (SSSR count). The van der Waals surface area contributed by atoms with Gasteiger partial charge in [0.05, 0.1) is 12.1 Å². The molecule has 0 unspecified atom stereocenters. The van der Waals surface area contributed by atoms with Crippen LogP contribution in [0, 0.1) is 5.82 Å². The highest BCUT2D eigenvalue weighted by molar-refractivity contribution is 7.99. The number of amides is 1. The topological polar surface area (TPSA) is 35.6 Å². The van der Waals surface area contributed by atoms with Crippen LogP contribution >= 0.6 is 11.8 Å². The summed E-state index contributed by atoms with van der Waals surface area (Å²) in [6.45, 7) is 4.42. The first-order valence-corrected chi connectivity index (χ1v) is 9.16. The third-order valence-electron chi connectivity index (χ3n) is 4.32. The van der Waals surface area contributed by atoms with E-state index in [9.17, 15) is 9.18 Å². The number of thioether (sulfide) groups is 1. The second-order valence-electron chi connectivity index (χ2n) is 6.10. The van der Waals surface area contributed by atoms with Crippen molar-refractivity contribution in [2.45, 2.75) is 19.0 Å². The van der Waals surface area contributed by atoms with Gasteiger partial charge in [-0.15, -0.1) is 0 Å². The summed E-state index contributed by atoms with van der Waals surface area (Å²) in [5, 5.41) is 3.05. The molecule has 23 heavy (non-hydrogen) atoms. The second-order valence-corrected chi connectivity index (χ2v) is 7.33. The summed E-state index contributed by atoms with van der Waals surface area (Å²) in [7, 11) is 3.93. The van der Waals surface area contributed by atoms with E-state index in [1.807, 2.05) is 37.7 Å². The van der Waals surface area contributed by atoms with Gasteiger partial charge in [0.25, 0.3) is 0 Å². The van der Waals surface area contributed by atoms with Crippen LogP contribution in [-0.4, -0.2) is 67.0 Å². The van der Waals surface area contributed by atoms with E-state index in [1.165, 1.54) is 12.1 Å². The molecular weight excluding hydrogens is 313 g/mol. The zero-order valence-electron chi connectivity index (χ0n) is 14.1. The highest BCUT2D eigenvalue weighted by atomic mass is 32.2. The normalized spacial score (nSPS) is 18.7. The van der Waals surface area contributed by atoms with E-state index in [-0.39, 0.29) is 23.8 Å². The highest BCUT2D eigenvalue weighted by Gasteiger charge is 2.24. The van der Waals surface area contributed by atoms with Crippen LogP contribution in [-0.2, 0) is 4.79 Å². The largest absolute Gasteiger partial charge is 0.353 e. The van der Waals surface area contributed by atoms with Crippen LogP contribution in [0.1, 0.15) is 18.5 Å². The first-order chi connectivity index (χ1) is 11.0. The fraction of sp³-hybridized carbons (Fsp3) is 0.588. The molecule has 1 aliphatic rings. The third kappa shape index (κ3) is 5.19. The van der Waals surface area contributed by atoms with Gasteiger partial charge in [0.2, 0.25) is 5.91 Å². The number of carbonyl (C=O) groups excluding carboxylic acids is 1. The quantitative estimate of drug-likeness (QED) is 0.860. The number of halogens is 1. The molecule has 1 aromatic carbocycles. The Bertz CT molecular complexity index is 503. The van der Waals surface area contributed by atoms with Crippen molar-refractivity contribution in [1.29, 1.82) is 0 Å². The smallest absolute Gasteiger partial charge is 0.237 e. The third-order valence-corrected chi connectivity index (χ3v) is 5.26. The van der Waals surface area contributed by atoms with Gasteiger partial charge in [-0.2, -0.15) is 11.8 Å². The minimum atomic E-state index is -0.244. The van der Waals surface area contributed by atoms with Crippen LogP contribution < -0.4 is 5.32 Å². The number of hydrogen-bond acceptors (Lipinski definition) is 4. The van der Waals surface area contributed by atoms with E-state index in [1.54, 1.807) is 12.1 Å². The highest BCUT2D eigenvalue weighted by Crippen LogP contribution is 2.18. The maximum Gasteiger partial charge on any atom is 0.237 e. The van der Waals surface area contributed by atoms with Gasteiger partial charge in [0.1, 0.15) is 5.82 Å². The summed E-state index contributed by atoms with van der Waals surface area (Å²) in [6, 6.07) is 6.40. The lowest BCUT2D eigenvalue weighted by molar-refractivity contribution is -0.126. The number of likely N-dealkylation sites (N-methyl/N-ethyl adjacent to an activating group) is 1. The van der Waals surface area contributed by atoms with Crippen molar-refractivity contribution < 1.29 is 9.18 Å². The zero-order valence-corrected chi connectivity index (χ0v) is 14.9. The van der Waals surface area contributed by atoms with Gasteiger partial charge in [0, 0.05) is 31.1 Å². The van der Waals surface area contributed by atoms with E-state index in [0.717, 1.165) is 30.2 Å². The number of hydrogen-bond donors (Lipinski definition) is 1. The molecule has 1 aliphatic heterocycles. The van der Waals surface area contributed by atoms with Crippen molar-refractivity contribution in [3.8, 4) is 0 Å². The Morgan fingerprint density at radius 1 is 1.30 bits per heavy atom. The molecule has 1 saturated heterocycles. The van der Waals surface area contributed by atoms with Crippen molar-refractivity contribution in [3.63, 3.8) is 0 Å². The van der Waals surface area contributed by atoms with Crippen molar-refractivity contribution in [1.82, 2.24) is 15.1 Å². The maximum absolute atomic E-state index is 13.1. The minimum Gasteiger partial charge on any atom is -0.353 e. The van der Waals surface area contributed by atoms with E-state index in [0.29, 0.717) is 6.54 Å². The molecule has 0 saturated carbocycles. The second kappa shape index (κ2) is 8.66. The van der Waals surface area contributed by atoms with Crippen LogP contribution in [0.2, 0.25) is 0 Å². The van der Waals surface area contributed by atoms with Gasteiger partial charge in [-0.25, -0.2) is 4.39 Å². The molecule has 2 atom stereocenters. The van der Waals surface area contributed by atoms with Gasteiger partial charge in [-0.1, -0.05) is 12.1 Å². The van der Waals surface area contributed by atoms with Crippen LogP contribution in [0.5, 0.6) is 0 Å². The molecule has 6 heteroatoms. The Hall–Kier alpha value is -1.11.